The molecule has 0 bridgehead atoms. The lowest BCUT2D eigenvalue weighted by Crippen LogP contribution is -2.39. The first-order chi connectivity index (χ1) is 12.3. The van der Waals surface area contributed by atoms with E-state index < -0.39 is 0 Å². The van der Waals surface area contributed by atoms with E-state index in [9.17, 15) is 4.79 Å². The first-order valence-electron chi connectivity index (χ1n) is 9.03. The number of nitrogens with one attached hydrogen (secondary N) is 1. The van der Waals surface area contributed by atoms with Gasteiger partial charge in [-0.3, -0.25) is 4.79 Å². The van der Waals surface area contributed by atoms with Gasteiger partial charge >= 0.3 is 0 Å². The van der Waals surface area contributed by atoms with Gasteiger partial charge in [-0.2, -0.15) is 0 Å². The number of thiazole rings is 1. The Kier molecular flexibility index (Phi) is 4.88. The topological polar surface area (TPSA) is 54.5 Å². The molecule has 2 heterocycles. The molecular weight excluding hydrogens is 334 g/mol. The molecule has 1 amide bonds. The van der Waals surface area contributed by atoms with Gasteiger partial charge in [0.1, 0.15) is 11.8 Å². The molecular formula is C19H23N3O2S. The van der Waals surface area contributed by atoms with E-state index in [2.05, 4.69) is 15.2 Å². The van der Waals surface area contributed by atoms with Crippen LogP contribution in [0.25, 0.3) is 0 Å². The second kappa shape index (κ2) is 7.44. The molecule has 0 spiro atoms. The number of carbonyl (C=O) groups is 1. The fraction of sp³-hybridized carbons (Fsp3) is 0.474. The Morgan fingerprint density at radius 2 is 1.96 bits per heavy atom. The molecule has 2 aliphatic rings. The number of nitrogens with zero attached hydrogens (tertiary/aromatic N) is 2. The standard InChI is InChI=1S/C19H23N3O2S/c23-18(17-6-3-12-22(17)19-20-11-13-25-19)21-14-7-9-16(10-8-14)24-15-4-1-2-5-15/h7-11,13,15,17H,1-6,12H2,(H,21,23)/t17-/m1/s1. The molecule has 2 fully saturated rings. The number of rotatable bonds is 5. The van der Waals surface area contributed by atoms with Crippen LogP contribution in [0.2, 0.25) is 0 Å². The van der Waals surface area contributed by atoms with E-state index >= 15 is 0 Å². The van der Waals surface area contributed by atoms with Gasteiger partial charge in [0.25, 0.3) is 0 Å². The highest BCUT2D eigenvalue weighted by molar-refractivity contribution is 7.13. The zero-order valence-corrected chi connectivity index (χ0v) is 15.0. The Balaban J connectivity index is 1.37. The first-order valence-corrected chi connectivity index (χ1v) is 9.91. The highest BCUT2D eigenvalue weighted by Crippen LogP contribution is 2.28. The van der Waals surface area contributed by atoms with Crippen molar-refractivity contribution in [2.75, 3.05) is 16.8 Å². The molecule has 1 saturated heterocycles. The normalized spacial score (nSPS) is 20.8. The molecule has 1 aliphatic carbocycles. The summed E-state index contributed by atoms with van der Waals surface area (Å²) in [6.07, 6.45) is 8.84. The maximum absolute atomic E-state index is 12.7. The minimum Gasteiger partial charge on any atom is -0.490 e. The van der Waals surface area contributed by atoms with Crippen molar-refractivity contribution in [2.24, 2.45) is 0 Å². The lowest BCUT2D eigenvalue weighted by molar-refractivity contribution is -0.117. The second-order valence-corrected chi connectivity index (χ2v) is 7.58. The summed E-state index contributed by atoms with van der Waals surface area (Å²) in [6.45, 7) is 0.889. The van der Waals surface area contributed by atoms with Crippen molar-refractivity contribution in [2.45, 2.75) is 50.7 Å². The van der Waals surface area contributed by atoms with Gasteiger partial charge in [-0.25, -0.2) is 4.98 Å². The summed E-state index contributed by atoms with van der Waals surface area (Å²) in [5.41, 5.74) is 0.815. The fourth-order valence-electron chi connectivity index (χ4n) is 3.67. The number of anilines is 2. The van der Waals surface area contributed by atoms with E-state index in [-0.39, 0.29) is 11.9 Å². The van der Waals surface area contributed by atoms with Crippen LogP contribution in [0.5, 0.6) is 5.75 Å². The molecule has 1 aromatic heterocycles. The molecule has 2 aromatic rings. The molecule has 1 atom stereocenters. The first kappa shape index (κ1) is 16.4. The van der Waals surface area contributed by atoms with Crippen LogP contribution in [-0.2, 0) is 4.79 Å². The van der Waals surface area contributed by atoms with Crippen molar-refractivity contribution in [3.05, 3.63) is 35.8 Å². The molecule has 1 N–H and O–H groups in total. The zero-order valence-electron chi connectivity index (χ0n) is 14.2. The summed E-state index contributed by atoms with van der Waals surface area (Å²) in [7, 11) is 0. The number of ether oxygens (including phenoxy) is 1. The number of hydrogen-bond donors (Lipinski definition) is 1. The SMILES string of the molecule is O=C(Nc1ccc(OC2CCCC2)cc1)[C@H]1CCCN1c1nccs1. The molecule has 0 radical (unpaired) electrons. The summed E-state index contributed by atoms with van der Waals surface area (Å²) in [4.78, 5) is 19.1. The van der Waals surface area contributed by atoms with Gasteiger partial charge in [0.15, 0.2) is 5.13 Å². The van der Waals surface area contributed by atoms with Crippen LogP contribution >= 0.6 is 11.3 Å². The van der Waals surface area contributed by atoms with Gasteiger partial charge in [-0.1, -0.05) is 0 Å². The molecule has 1 aromatic carbocycles. The van der Waals surface area contributed by atoms with Crippen LogP contribution in [0.4, 0.5) is 10.8 Å². The molecule has 5 nitrogen and oxygen atoms in total. The van der Waals surface area contributed by atoms with Crippen molar-refractivity contribution in [3.63, 3.8) is 0 Å². The number of amides is 1. The van der Waals surface area contributed by atoms with Crippen molar-refractivity contribution in [3.8, 4) is 5.75 Å². The maximum Gasteiger partial charge on any atom is 0.247 e. The van der Waals surface area contributed by atoms with Crippen LogP contribution in [0, 0.1) is 0 Å². The van der Waals surface area contributed by atoms with Crippen LogP contribution in [-0.4, -0.2) is 29.6 Å². The smallest absolute Gasteiger partial charge is 0.247 e. The Morgan fingerprint density at radius 3 is 2.68 bits per heavy atom. The third-order valence-corrected chi connectivity index (χ3v) is 5.76. The third kappa shape index (κ3) is 3.79. The van der Waals surface area contributed by atoms with Gasteiger partial charge in [0.2, 0.25) is 5.91 Å². The van der Waals surface area contributed by atoms with Crippen molar-refractivity contribution < 1.29 is 9.53 Å². The lowest BCUT2D eigenvalue weighted by Gasteiger charge is -2.23. The van der Waals surface area contributed by atoms with E-state index in [0.29, 0.717) is 6.10 Å². The molecule has 0 unspecified atom stereocenters. The van der Waals surface area contributed by atoms with Gasteiger partial charge in [0, 0.05) is 23.8 Å². The van der Waals surface area contributed by atoms with Gasteiger partial charge in [-0.15, -0.1) is 11.3 Å². The Hall–Kier alpha value is -2.08. The molecule has 4 rings (SSSR count). The summed E-state index contributed by atoms with van der Waals surface area (Å²) in [5, 5.41) is 5.92. The number of benzene rings is 1. The predicted molar refractivity (Wildman–Crippen MR) is 100 cm³/mol. The quantitative estimate of drug-likeness (QED) is 0.876. The van der Waals surface area contributed by atoms with Crippen LogP contribution in [0.15, 0.2) is 35.8 Å². The zero-order chi connectivity index (χ0) is 17.1. The van der Waals surface area contributed by atoms with E-state index in [4.69, 9.17) is 4.74 Å². The predicted octanol–water partition coefficient (Wildman–Crippen LogP) is 4.07. The largest absolute Gasteiger partial charge is 0.490 e. The average Bonchev–Trinajstić information content (AvgIpc) is 3.38. The third-order valence-electron chi connectivity index (χ3n) is 4.95. The molecule has 132 valence electrons. The van der Waals surface area contributed by atoms with E-state index in [0.717, 1.165) is 48.8 Å². The molecule has 1 saturated carbocycles. The minimum atomic E-state index is -0.138. The Morgan fingerprint density at radius 1 is 1.16 bits per heavy atom. The van der Waals surface area contributed by atoms with Gasteiger partial charge in [0.05, 0.1) is 6.10 Å². The minimum absolute atomic E-state index is 0.0390. The summed E-state index contributed by atoms with van der Waals surface area (Å²) in [6, 6.07) is 7.60. The van der Waals surface area contributed by atoms with Crippen molar-refractivity contribution in [1.29, 1.82) is 0 Å². The second-order valence-electron chi connectivity index (χ2n) is 6.70. The number of carbonyl (C=O) groups excluding carboxylic acids is 1. The number of aromatic nitrogens is 1. The fourth-order valence-corrected chi connectivity index (χ4v) is 4.39. The number of hydrogen-bond acceptors (Lipinski definition) is 5. The van der Waals surface area contributed by atoms with Gasteiger partial charge < -0.3 is 15.0 Å². The monoisotopic (exact) mass is 357 g/mol. The Bertz CT molecular complexity index is 696. The highest BCUT2D eigenvalue weighted by Gasteiger charge is 2.32. The van der Waals surface area contributed by atoms with Crippen LogP contribution in [0.1, 0.15) is 38.5 Å². The summed E-state index contributed by atoms with van der Waals surface area (Å²) in [5.74, 6) is 0.923. The average molecular weight is 357 g/mol. The van der Waals surface area contributed by atoms with Crippen LogP contribution in [0.3, 0.4) is 0 Å². The summed E-state index contributed by atoms with van der Waals surface area (Å²) >= 11 is 1.58. The van der Waals surface area contributed by atoms with Crippen molar-refractivity contribution >= 4 is 28.1 Å². The van der Waals surface area contributed by atoms with E-state index in [1.165, 1.54) is 12.8 Å². The van der Waals surface area contributed by atoms with Crippen LogP contribution < -0.4 is 15.0 Å². The Labute approximate surface area is 152 Å². The van der Waals surface area contributed by atoms with Gasteiger partial charge in [-0.05, 0) is 62.8 Å². The molecule has 25 heavy (non-hydrogen) atoms. The molecule has 6 heteroatoms. The summed E-state index contributed by atoms with van der Waals surface area (Å²) < 4.78 is 5.97. The maximum atomic E-state index is 12.7. The van der Waals surface area contributed by atoms with E-state index in [1.54, 1.807) is 17.5 Å². The van der Waals surface area contributed by atoms with Crippen molar-refractivity contribution in [1.82, 2.24) is 4.98 Å². The molecule has 1 aliphatic heterocycles. The highest BCUT2D eigenvalue weighted by atomic mass is 32.1. The lowest BCUT2D eigenvalue weighted by atomic mass is 10.2. The van der Waals surface area contributed by atoms with E-state index in [1.807, 2.05) is 29.6 Å².